The van der Waals surface area contributed by atoms with E-state index in [4.69, 9.17) is 16.3 Å². The van der Waals surface area contributed by atoms with Crippen molar-refractivity contribution in [3.8, 4) is 0 Å². The maximum Gasteiger partial charge on any atom is 0.341 e. The van der Waals surface area contributed by atoms with Crippen LogP contribution in [0.2, 0.25) is 5.02 Å². The van der Waals surface area contributed by atoms with E-state index < -0.39 is 29.3 Å². The molecule has 0 aromatic heterocycles. The van der Waals surface area contributed by atoms with Crippen molar-refractivity contribution >= 4 is 40.8 Å². The summed E-state index contributed by atoms with van der Waals surface area (Å²) in [6.07, 6.45) is 1.89. The van der Waals surface area contributed by atoms with Gasteiger partial charge in [0.05, 0.1) is 26.8 Å². The Balaban J connectivity index is 1.61. The lowest BCUT2D eigenvalue weighted by molar-refractivity contribution is -0.384. The molecule has 0 radical (unpaired) electrons. The fourth-order valence-electron chi connectivity index (χ4n) is 3.12. The van der Waals surface area contributed by atoms with E-state index in [9.17, 15) is 24.5 Å². The summed E-state index contributed by atoms with van der Waals surface area (Å²) in [6.45, 7) is 0.739. The highest BCUT2D eigenvalue weighted by molar-refractivity contribution is 6.33. The number of carbonyl (C=O) groups excluding carboxylic acids is 3. The molecule has 1 heterocycles. The summed E-state index contributed by atoms with van der Waals surface area (Å²) in [5.74, 6) is -2.31. The lowest BCUT2D eigenvalue weighted by Gasteiger charge is -2.20. The van der Waals surface area contributed by atoms with E-state index in [1.807, 2.05) is 4.90 Å². The van der Waals surface area contributed by atoms with Crippen molar-refractivity contribution in [1.82, 2.24) is 10.9 Å². The minimum absolute atomic E-state index is 0.00371. The van der Waals surface area contributed by atoms with Gasteiger partial charge in [0, 0.05) is 25.2 Å². The van der Waals surface area contributed by atoms with E-state index in [1.54, 1.807) is 12.1 Å². The molecule has 1 aliphatic heterocycles. The Kier molecular flexibility index (Phi) is 7.03. The number of non-ortho nitro benzene ring substituents is 1. The van der Waals surface area contributed by atoms with Gasteiger partial charge >= 0.3 is 5.97 Å². The third-order valence-electron chi connectivity index (χ3n) is 4.63. The summed E-state index contributed by atoms with van der Waals surface area (Å²) in [7, 11) is 0. The van der Waals surface area contributed by atoms with Crippen LogP contribution in [0, 0.1) is 10.1 Å². The van der Waals surface area contributed by atoms with Crippen LogP contribution in [0.4, 0.5) is 11.4 Å². The van der Waals surface area contributed by atoms with E-state index in [0.29, 0.717) is 18.8 Å². The van der Waals surface area contributed by atoms with Gasteiger partial charge in [0.15, 0.2) is 6.61 Å². The number of hydrogen-bond donors (Lipinski definition) is 2. The standard InChI is InChI=1S/C20H19ClN4O6/c21-16-6-2-1-5-14(16)19(27)23-22-18(26)12-31-20(28)15-11-13(25(29)30)7-8-17(15)24-9-3-4-10-24/h1-2,5-8,11H,3-4,9-10,12H2,(H,22,26)(H,23,27). The fraction of sp³-hybridized carbons (Fsp3) is 0.250. The number of esters is 1. The zero-order valence-corrected chi connectivity index (χ0v) is 17.1. The monoisotopic (exact) mass is 446 g/mol. The summed E-state index contributed by atoms with van der Waals surface area (Å²) < 4.78 is 5.01. The second kappa shape index (κ2) is 9.90. The van der Waals surface area contributed by atoms with Gasteiger partial charge in [-0.2, -0.15) is 0 Å². The quantitative estimate of drug-likeness (QED) is 0.396. The Bertz CT molecular complexity index is 1020. The maximum absolute atomic E-state index is 12.5. The van der Waals surface area contributed by atoms with Crippen LogP contribution in [0.3, 0.4) is 0 Å². The molecule has 1 fully saturated rings. The zero-order valence-electron chi connectivity index (χ0n) is 16.3. The maximum atomic E-state index is 12.5. The minimum Gasteiger partial charge on any atom is -0.452 e. The first-order valence-corrected chi connectivity index (χ1v) is 9.79. The summed E-state index contributed by atoms with van der Waals surface area (Å²) >= 11 is 5.91. The third-order valence-corrected chi connectivity index (χ3v) is 4.96. The molecule has 2 aromatic rings. The van der Waals surface area contributed by atoms with Gasteiger partial charge in [-0.25, -0.2) is 4.79 Å². The zero-order chi connectivity index (χ0) is 22.4. The Hall–Kier alpha value is -3.66. The van der Waals surface area contributed by atoms with Crippen molar-refractivity contribution in [3.05, 3.63) is 68.7 Å². The number of nitrogens with zero attached hydrogens (tertiary/aromatic N) is 2. The number of halogens is 1. The average Bonchev–Trinajstić information content (AvgIpc) is 3.30. The Labute approximate surface area is 182 Å². The van der Waals surface area contributed by atoms with Crippen LogP contribution in [0.5, 0.6) is 0 Å². The minimum atomic E-state index is -0.877. The lowest BCUT2D eigenvalue weighted by atomic mass is 10.1. The molecule has 1 aliphatic rings. The average molecular weight is 447 g/mol. The van der Waals surface area contributed by atoms with E-state index in [-0.39, 0.29) is 21.8 Å². The number of ether oxygens (including phenoxy) is 1. The Morgan fingerprint density at radius 1 is 1.06 bits per heavy atom. The molecule has 11 heteroatoms. The van der Waals surface area contributed by atoms with Crippen molar-refractivity contribution in [1.29, 1.82) is 0 Å². The van der Waals surface area contributed by atoms with Crippen LogP contribution in [0.1, 0.15) is 33.6 Å². The van der Waals surface area contributed by atoms with Crippen molar-refractivity contribution in [2.45, 2.75) is 12.8 Å². The number of rotatable bonds is 6. The Morgan fingerprint density at radius 3 is 2.45 bits per heavy atom. The molecular weight excluding hydrogens is 428 g/mol. The highest BCUT2D eigenvalue weighted by Gasteiger charge is 2.24. The van der Waals surface area contributed by atoms with E-state index in [1.165, 1.54) is 24.3 Å². The molecule has 3 rings (SSSR count). The van der Waals surface area contributed by atoms with Crippen LogP contribution in [0.25, 0.3) is 0 Å². The molecular formula is C20H19ClN4O6. The van der Waals surface area contributed by atoms with Crippen molar-refractivity contribution in [2.24, 2.45) is 0 Å². The molecule has 0 unspecified atom stereocenters. The number of carbonyl (C=O) groups is 3. The van der Waals surface area contributed by atoms with Gasteiger partial charge in [0.25, 0.3) is 17.5 Å². The molecule has 0 spiro atoms. The van der Waals surface area contributed by atoms with Crippen molar-refractivity contribution in [2.75, 3.05) is 24.6 Å². The summed E-state index contributed by atoms with van der Waals surface area (Å²) in [5, 5.41) is 11.3. The van der Waals surface area contributed by atoms with Crippen LogP contribution < -0.4 is 15.8 Å². The number of hydrazine groups is 1. The molecule has 0 bridgehead atoms. The second-order valence-corrected chi connectivity index (χ2v) is 7.12. The number of nitro groups is 1. The number of anilines is 1. The normalized spacial score (nSPS) is 12.9. The van der Waals surface area contributed by atoms with Crippen LogP contribution in [0.15, 0.2) is 42.5 Å². The highest BCUT2D eigenvalue weighted by atomic mass is 35.5. The van der Waals surface area contributed by atoms with Gasteiger partial charge in [-0.3, -0.25) is 30.6 Å². The summed E-state index contributed by atoms with van der Waals surface area (Å²) in [5.41, 5.74) is 4.71. The molecule has 10 nitrogen and oxygen atoms in total. The SMILES string of the molecule is O=C(COC(=O)c1cc([N+](=O)[O-])ccc1N1CCCC1)NNC(=O)c1ccccc1Cl. The molecule has 0 saturated carbocycles. The molecule has 0 atom stereocenters. The van der Waals surface area contributed by atoms with Gasteiger partial charge in [0.1, 0.15) is 0 Å². The smallest absolute Gasteiger partial charge is 0.341 e. The predicted molar refractivity (Wildman–Crippen MR) is 112 cm³/mol. The molecule has 162 valence electrons. The largest absolute Gasteiger partial charge is 0.452 e. The van der Waals surface area contributed by atoms with Crippen LogP contribution in [-0.2, 0) is 9.53 Å². The molecule has 1 saturated heterocycles. The summed E-state index contributed by atoms with van der Waals surface area (Å²) in [6, 6.07) is 10.2. The van der Waals surface area contributed by atoms with Crippen molar-refractivity contribution < 1.29 is 24.0 Å². The fourth-order valence-corrected chi connectivity index (χ4v) is 3.34. The van der Waals surface area contributed by atoms with Gasteiger partial charge in [-0.05, 0) is 31.0 Å². The van der Waals surface area contributed by atoms with Gasteiger partial charge in [-0.15, -0.1) is 0 Å². The van der Waals surface area contributed by atoms with Crippen LogP contribution >= 0.6 is 11.6 Å². The van der Waals surface area contributed by atoms with Gasteiger partial charge in [0.2, 0.25) is 0 Å². The number of nitro benzene ring substituents is 1. The van der Waals surface area contributed by atoms with E-state index in [0.717, 1.165) is 18.9 Å². The van der Waals surface area contributed by atoms with Gasteiger partial charge < -0.3 is 9.64 Å². The van der Waals surface area contributed by atoms with Crippen molar-refractivity contribution in [3.63, 3.8) is 0 Å². The molecule has 2 N–H and O–H groups in total. The molecule has 31 heavy (non-hydrogen) atoms. The predicted octanol–water partition coefficient (Wildman–Crippen LogP) is 2.47. The molecule has 2 aromatic carbocycles. The first-order chi connectivity index (χ1) is 14.9. The molecule has 2 amide bonds. The van der Waals surface area contributed by atoms with E-state index >= 15 is 0 Å². The third kappa shape index (κ3) is 5.48. The van der Waals surface area contributed by atoms with E-state index in [2.05, 4.69) is 10.9 Å². The topological polar surface area (TPSA) is 131 Å². The van der Waals surface area contributed by atoms with Crippen LogP contribution in [-0.4, -0.2) is 42.4 Å². The second-order valence-electron chi connectivity index (χ2n) is 6.71. The number of benzene rings is 2. The van der Waals surface area contributed by atoms with Gasteiger partial charge in [-0.1, -0.05) is 23.7 Å². The number of amides is 2. The molecule has 0 aliphatic carbocycles. The summed E-state index contributed by atoms with van der Waals surface area (Å²) in [4.78, 5) is 49.0. The highest BCUT2D eigenvalue weighted by Crippen LogP contribution is 2.29. The lowest BCUT2D eigenvalue weighted by Crippen LogP contribution is -2.43. The number of nitrogens with one attached hydrogen (secondary N) is 2. The number of hydrogen-bond acceptors (Lipinski definition) is 7. The first kappa shape index (κ1) is 22.0. The first-order valence-electron chi connectivity index (χ1n) is 9.41. The Morgan fingerprint density at radius 2 is 1.77 bits per heavy atom.